The summed E-state index contributed by atoms with van der Waals surface area (Å²) in [5.74, 6) is -0.00960. The summed E-state index contributed by atoms with van der Waals surface area (Å²) in [6.45, 7) is -0.259. The van der Waals surface area contributed by atoms with E-state index in [1.165, 1.54) is 30.3 Å². The second-order valence-corrected chi connectivity index (χ2v) is 8.66. The van der Waals surface area contributed by atoms with Crippen LogP contribution in [0.5, 0.6) is 0 Å². The number of hydrogen-bond acceptors (Lipinski definition) is 6. The summed E-state index contributed by atoms with van der Waals surface area (Å²) in [5, 5.41) is 22.4. The molecule has 3 aromatic carbocycles. The number of aromatic amines is 1. The standard InChI is InChI=1S/C24H14F9N7/c25-22(26,27)15-4-1-12(2-5-15)13-3-6-19(18(9-13)21-35-37-38-36-21)40-20(11-34-39-40)14-7-16(23(28,29)30)10-17(8-14)24(31,32)33/h1-10,20H,11H2,(H,35,36,37,38). The van der Waals surface area contributed by atoms with Gasteiger partial charge in [-0.3, -0.25) is 0 Å². The number of alkyl halides is 9. The largest absolute Gasteiger partial charge is 0.416 e. The van der Waals surface area contributed by atoms with Crippen LogP contribution in [0.15, 0.2) is 71.0 Å². The average Bonchev–Trinajstić information content (AvgIpc) is 3.59. The normalized spacial score (nSPS) is 16.1. The highest BCUT2D eigenvalue weighted by Gasteiger charge is 2.39. The Morgan fingerprint density at radius 2 is 1.30 bits per heavy atom. The molecule has 2 heterocycles. The average molecular weight is 571 g/mol. The van der Waals surface area contributed by atoms with E-state index in [1.807, 2.05) is 0 Å². The van der Waals surface area contributed by atoms with Gasteiger partial charge in [0.2, 0.25) is 5.82 Å². The quantitative estimate of drug-likeness (QED) is 0.257. The first-order chi connectivity index (χ1) is 18.7. The molecular formula is C24H14F9N7. The van der Waals surface area contributed by atoms with Gasteiger partial charge >= 0.3 is 18.5 Å². The summed E-state index contributed by atoms with van der Waals surface area (Å²) in [4.78, 5) is 0. The maximum absolute atomic E-state index is 13.5. The highest BCUT2D eigenvalue weighted by molar-refractivity contribution is 5.81. The third-order valence-corrected chi connectivity index (χ3v) is 6.08. The van der Waals surface area contributed by atoms with Gasteiger partial charge in [0.1, 0.15) is 6.04 Å². The highest BCUT2D eigenvalue weighted by Crippen LogP contribution is 2.43. The lowest BCUT2D eigenvalue weighted by molar-refractivity contribution is -0.143. The van der Waals surface area contributed by atoms with Gasteiger partial charge in [0, 0.05) is 5.56 Å². The van der Waals surface area contributed by atoms with Gasteiger partial charge in [-0.05, 0) is 64.4 Å². The second-order valence-electron chi connectivity index (χ2n) is 8.66. The third kappa shape index (κ3) is 5.33. The van der Waals surface area contributed by atoms with E-state index in [9.17, 15) is 39.5 Å². The fraction of sp³-hybridized carbons (Fsp3) is 0.208. The van der Waals surface area contributed by atoms with Gasteiger partial charge in [0.15, 0.2) is 0 Å². The number of nitrogens with one attached hydrogen (secondary N) is 1. The van der Waals surface area contributed by atoms with Crippen LogP contribution in [-0.2, 0) is 18.5 Å². The van der Waals surface area contributed by atoms with Crippen LogP contribution in [0.4, 0.5) is 45.2 Å². The third-order valence-electron chi connectivity index (χ3n) is 6.08. The van der Waals surface area contributed by atoms with E-state index >= 15 is 0 Å². The van der Waals surface area contributed by atoms with Crippen molar-refractivity contribution in [3.05, 3.63) is 82.9 Å². The number of aromatic nitrogens is 4. The van der Waals surface area contributed by atoms with E-state index in [1.54, 1.807) is 0 Å². The van der Waals surface area contributed by atoms with Gasteiger partial charge in [0.05, 0.1) is 28.9 Å². The topological polar surface area (TPSA) is 82.4 Å². The Hall–Kier alpha value is -4.50. The van der Waals surface area contributed by atoms with Crippen LogP contribution < -0.4 is 5.01 Å². The molecule has 0 saturated carbocycles. The maximum Gasteiger partial charge on any atom is 0.416 e. The van der Waals surface area contributed by atoms with Gasteiger partial charge in [-0.25, -0.2) is 5.01 Å². The van der Waals surface area contributed by atoms with Crippen LogP contribution >= 0.6 is 0 Å². The van der Waals surface area contributed by atoms with Crippen molar-refractivity contribution in [1.82, 2.24) is 20.6 Å². The molecule has 1 aromatic heterocycles. The highest BCUT2D eigenvalue weighted by atomic mass is 19.4. The van der Waals surface area contributed by atoms with Crippen molar-refractivity contribution in [2.45, 2.75) is 24.6 Å². The Labute approximate surface area is 218 Å². The van der Waals surface area contributed by atoms with E-state index in [0.717, 1.165) is 17.1 Å². The summed E-state index contributed by atoms with van der Waals surface area (Å²) in [7, 11) is 0. The molecule has 0 radical (unpaired) electrons. The van der Waals surface area contributed by atoms with E-state index < -0.39 is 41.3 Å². The fourth-order valence-electron chi connectivity index (χ4n) is 4.18. The Bertz CT molecular complexity index is 1510. The minimum Gasteiger partial charge on any atom is -0.237 e. The molecule has 1 aliphatic heterocycles. The Morgan fingerprint density at radius 3 is 1.85 bits per heavy atom. The summed E-state index contributed by atoms with van der Waals surface area (Å²) >= 11 is 0. The number of nitrogens with zero attached hydrogens (tertiary/aromatic N) is 6. The molecule has 1 N–H and O–H groups in total. The first-order valence-electron chi connectivity index (χ1n) is 11.2. The lowest BCUT2D eigenvalue weighted by atomic mass is 9.97. The minimum absolute atomic E-state index is 0.00960. The monoisotopic (exact) mass is 571 g/mol. The molecule has 0 fully saturated rings. The van der Waals surface area contributed by atoms with Crippen molar-refractivity contribution < 1.29 is 39.5 Å². The van der Waals surface area contributed by atoms with Crippen molar-refractivity contribution in [1.29, 1.82) is 0 Å². The van der Waals surface area contributed by atoms with Gasteiger partial charge in [-0.1, -0.05) is 23.4 Å². The summed E-state index contributed by atoms with van der Waals surface area (Å²) < 4.78 is 120. The molecule has 1 aliphatic rings. The smallest absolute Gasteiger partial charge is 0.237 e. The Morgan fingerprint density at radius 1 is 0.700 bits per heavy atom. The molecule has 1 atom stereocenters. The summed E-state index contributed by atoms with van der Waals surface area (Å²) in [6, 6.07) is 8.79. The molecule has 0 saturated heterocycles. The molecule has 208 valence electrons. The number of anilines is 1. The van der Waals surface area contributed by atoms with Crippen LogP contribution in [0, 0.1) is 0 Å². The van der Waals surface area contributed by atoms with E-state index in [2.05, 4.69) is 31.0 Å². The molecular weight excluding hydrogens is 557 g/mol. The summed E-state index contributed by atoms with van der Waals surface area (Å²) in [6.07, 6.45) is -14.6. The SMILES string of the molecule is FC(F)(F)c1ccc(-c2ccc(N3N=NCC3c3cc(C(F)(F)F)cc(C(F)(F)F)c3)c(-c3nn[nH]n3)c2)cc1. The van der Waals surface area contributed by atoms with Gasteiger partial charge in [0.25, 0.3) is 0 Å². The number of benzene rings is 3. The van der Waals surface area contributed by atoms with Crippen molar-refractivity contribution >= 4 is 5.69 Å². The Kier molecular flexibility index (Phi) is 6.50. The molecule has 1 unspecified atom stereocenters. The van der Waals surface area contributed by atoms with Gasteiger partial charge in [-0.2, -0.15) is 49.8 Å². The van der Waals surface area contributed by atoms with Crippen molar-refractivity contribution in [3.8, 4) is 22.5 Å². The van der Waals surface area contributed by atoms with Crippen LogP contribution in [0.2, 0.25) is 0 Å². The first kappa shape index (κ1) is 27.1. The maximum atomic E-state index is 13.5. The second kappa shape index (κ2) is 9.60. The number of rotatable bonds is 4. The number of halogens is 9. The van der Waals surface area contributed by atoms with Crippen LogP contribution in [-0.4, -0.2) is 27.2 Å². The van der Waals surface area contributed by atoms with Crippen molar-refractivity contribution in [3.63, 3.8) is 0 Å². The zero-order chi connectivity index (χ0) is 28.9. The zero-order valence-corrected chi connectivity index (χ0v) is 19.6. The van der Waals surface area contributed by atoms with E-state index in [4.69, 9.17) is 0 Å². The molecule has 4 aromatic rings. The van der Waals surface area contributed by atoms with Gasteiger partial charge in [-0.15, -0.1) is 10.2 Å². The van der Waals surface area contributed by atoms with Crippen molar-refractivity contribution in [2.75, 3.05) is 11.6 Å². The van der Waals surface area contributed by atoms with Crippen LogP contribution in [0.25, 0.3) is 22.5 Å². The molecule has 40 heavy (non-hydrogen) atoms. The predicted molar refractivity (Wildman–Crippen MR) is 121 cm³/mol. The molecule has 0 bridgehead atoms. The van der Waals surface area contributed by atoms with Crippen LogP contribution in [0.3, 0.4) is 0 Å². The molecule has 5 rings (SSSR count). The Balaban J connectivity index is 1.59. The number of tetrazole rings is 1. The number of H-pyrrole nitrogens is 1. The zero-order valence-electron chi connectivity index (χ0n) is 19.6. The number of hydrogen-bond donors (Lipinski definition) is 1. The molecule has 0 spiro atoms. The predicted octanol–water partition coefficient (Wildman–Crippen LogP) is 7.52. The minimum atomic E-state index is -5.05. The van der Waals surface area contributed by atoms with Gasteiger partial charge < -0.3 is 0 Å². The van der Waals surface area contributed by atoms with E-state index in [0.29, 0.717) is 23.3 Å². The lowest BCUT2D eigenvalue weighted by Gasteiger charge is -2.25. The molecule has 7 nitrogen and oxygen atoms in total. The molecule has 0 amide bonds. The summed E-state index contributed by atoms with van der Waals surface area (Å²) in [5.41, 5.74) is -3.00. The fourth-order valence-corrected chi connectivity index (χ4v) is 4.18. The molecule has 16 heteroatoms. The van der Waals surface area contributed by atoms with Crippen LogP contribution in [0.1, 0.15) is 28.3 Å². The van der Waals surface area contributed by atoms with Crippen molar-refractivity contribution in [2.24, 2.45) is 10.3 Å². The first-order valence-corrected chi connectivity index (χ1v) is 11.2. The molecule has 0 aliphatic carbocycles. The van der Waals surface area contributed by atoms with E-state index in [-0.39, 0.29) is 35.2 Å². The lowest BCUT2D eigenvalue weighted by Crippen LogP contribution is -2.23.